The number of nitrogens with two attached hydrogens (primary N) is 1. The molecule has 3 rings (SSSR count). The molecule has 1 aliphatic heterocycles. The highest BCUT2D eigenvalue weighted by molar-refractivity contribution is 5.98. The summed E-state index contributed by atoms with van der Waals surface area (Å²) in [6.45, 7) is 2.84. The van der Waals surface area contributed by atoms with E-state index in [1.54, 1.807) is 0 Å². The number of pyridine rings is 1. The van der Waals surface area contributed by atoms with Crippen molar-refractivity contribution in [3.63, 3.8) is 0 Å². The van der Waals surface area contributed by atoms with Crippen molar-refractivity contribution in [2.75, 3.05) is 37.8 Å². The van der Waals surface area contributed by atoms with Crippen molar-refractivity contribution in [2.45, 2.75) is 25.4 Å². The summed E-state index contributed by atoms with van der Waals surface area (Å²) < 4.78 is 0. The molecule has 0 bridgehead atoms. The maximum Gasteiger partial charge on any atom is 0.252 e. The molecule has 0 radical (unpaired) electrons. The van der Waals surface area contributed by atoms with Crippen molar-refractivity contribution >= 4 is 23.1 Å². The van der Waals surface area contributed by atoms with Crippen molar-refractivity contribution in [3.05, 3.63) is 47.7 Å². The monoisotopic (exact) mass is 368 g/mol. The van der Waals surface area contributed by atoms with Crippen LogP contribution < -0.4 is 21.7 Å². The first-order valence-corrected chi connectivity index (χ1v) is 9.29. The third-order valence-corrected chi connectivity index (χ3v) is 4.59. The van der Waals surface area contributed by atoms with Gasteiger partial charge in [-0.15, -0.1) is 0 Å². The minimum atomic E-state index is -0.474. The van der Waals surface area contributed by atoms with Crippen LogP contribution in [-0.4, -0.2) is 49.0 Å². The van der Waals surface area contributed by atoms with E-state index >= 15 is 0 Å². The van der Waals surface area contributed by atoms with Gasteiger partial charge < -0.3 is 26.6 Å². The molecule has 2 heterocycles. The normalized spacial score (nSPS) is 14.9. The number of anilines is 3. The number of primary amides is 1. The number of carbonyl (C=O) groups is 1. The SMILES string of the molecule is CN(C)Cc1ccc(Nc2cc(NC3CCNCC3)c(C(N)=O)cn2)cc1. The first kappa shape index (κ1) is 19.1. The van der Waals surface area contributed by atoms with Gasteiger partial charge in [-0.1, -0.05) is 12.1 Å². The van der Waals surface area contributed by atoms with Gasteiger partial charge in [0.2, 0.25) is 0 Å². The summed E-state index contributed by atoms with van der Waals surface area (Å²) in [6.07, 6.45) is 3.56. The Balaban J connectivity index is 1.75. The number of piperidine rings is 1. The van der Waals surface area contributed by atoms with Gasteiger partial charge in [-0.3, -0.25) is 4.79 Å². The average molecular weight is 368 g/mol. The molecule has 0 atom stereocenters. The molecule has 1 aliphatic rings. The fourth-order valence-corrected chi connectivity index (χ4v) is 3.23. The fraction of sp³-hybridized carbons (Fsp3) is 0.400. The van der Waals surface area contributed by atoms with E-state index in [1.165, 1.54) is 11.8 Å². The highest BCUT2D eigenvalue weighted by Gasteiger charge is 2.17. The van der Waals surface area contributed by atoms with Crippen molar-refractivity contribution < 1.29 is 4.79 Å². The second kappa shape index (κ2) is 8.83. The molecule has 2 aromatic rings. The molecule has 7 heteroatoms. The molecule has 1 fully saturated rings. The second-order valence-electron chi connectivity index (χ2n) is 7.21. The van der Waals surface area contributed by atoms with Crippen molar-refractivity contribution in [1.29, 1.82) is 0 Å². The molecule has 0 aliphatic carbocycles. The summed E-state index contributed by atoms with van der Waals surface area (Å²) in [6, 6.07) is 10.4. The number of aromatic nitrogens is 1. The van der Waals surface area contributed by atoms with E-state index in [2.05, 4.69) is 38.0 Å². The van der Waals surface area contributed by atoms with E-state index in [0.29, 0.717) is 17.4 Å². The first-order chi connectivity index (χ1) is 13.0. The van der Waals surface area contributed by atoms with Gasteiger partial charge in [-0.2, -0.15) is 0 Å². The first-order valence-electron chi connectivity index (χ1n) is 9.29. The quantitative estimate of drug-likeness (QED) is 0.598. The number of carbonyl (C=O) groups excluding carboxylic acids is 1. The van der Waals surface area contributed by atoms with Crippen LogP contribution in [-0.2, 0) is 6.54 Å². The highest BCUT2D eigenvalue weighted by Crippen LogP contribution is 2.24. The molecule has 5 N–H and O–H groups in total. The summed E-state index contributed by atoms with van der Waals surface area (Å²) in [4.78, 5) is 18.2. The van der Waals surface area contributed by atoms with Crippen LogP contribution in [0.15, 0.2) is 36.5 Å². The summed E-state index contributed by atoms with van der Waals surface area (Å²) in [5, 5.41) is 10.1. The van der Waals surface area contributed by atoms with Gasteiger partial charge in [0.05, 0.1) is 11.3 Å². The van der Waals surface area contributed by atoms with Crippen molar-refractivity contribution in [1.82, 2.24) is 15.2 Å². The van der Waals surface area contributed by atoms with Gasteiger partial charge in [0.1, 0.15) is 5.82 Å². The van der Waals surface area contributed by atoms with Crippen molar-refractivity contribution in [3.8, 4) is 0 Å². The zero-order chi connectivity index (χ0) is 19.2. The standard InChI is InChI=1S/C20H28N6O/c1-26(2)13-14-3-5-15(6-4-14)25-19-11-18(17(12-23-19)20(21)27)24-16-7-9-22-10-8-16/h3-6,11-12,16,22H,7-10,13H2,1-2H3,(H2,21,27)(H2,23,24,25). The smallest absolute Gasteiger partial charge is 0.252 e. The third-order valence-electron chi connectivity index (χ3n) is 4.59. The average Bonchev–Trinajstić information content (AvgIpc) is 2.64. The second-order valence-corrected chi connectivity index (χ2v) is 7.21. The highest BCUT2D eigenvalue weighted by atomic mass is 16.1. The van der Waals surface area contributed by atoms with Crippen LogP contribution in [0, 0.1) is 0 Å². The molecule has 7 nitrogen and oxygen atoms in total. The largest absolute Gasteiger partial charge is 0.381 e. The fourth-order valence-electron chi connectivity index (χ4n) is 3.23. The summed E-state index contributed by atoms with van der Waals surface area (Å²) >= 11 is 0. The molecule has 1 amide bonds. The third kappa shape index (κ3) is 5.42. The van der Waals surface area contributed by atoms with Gasteiger partial charge in [0.25, 0.3) is 5.91 Å². The molecular weight excluding hydrogens is 340 g/mol. The van der Waals surface area contributed by atoms with Crippen LogP contribution in [0.1, 0.15) is 28.8 Å². The maximum absolute atomic E-state index is 11.8. The number of amides is 1. The zero-order valence-electron chi connectivity index (χ0n) is 16.0. The minimum Gasteiger partial charge on any atom is -0.381 e. The van der Waals surface area contributed by atoms with Crippen LogP contribution in [0.25, 0.3) is 0 Å². The maximum atomic E-state index is 11.8. The van der Waals surface area contributed by atoms with E-state index in [-0.39, 0.29) is 0 Å². The Morgan fingerprint density at radius 1 is 1.26 bits per heavy atom. The number of nitrogens with zero attached hydrogens (tertiary/aromatic N) is 2. The lowest BCUT2D eigenvalue weighted by Crippen LogP contribution is -2.35. The van der Waals surface area contributed by atoms with Crippen LogP contribution >= 0.6 is 0 Å². The van der Waals surface area contributed by atoms with E-state index in [0.717, 1.165) is 43.9 Å². The Kier molecular flexibility index (Phi) is 6.26. The zero-order valence-corrected chi connectivity index (χ0v) is 16.0. The van der Waals surface area contributed by atoms with Crippen LogP contribution in [0.2, 0.25) is 0 Å². The Bertz CT molecular complexity index is 769. The molecule has 1 aromatic carbocycles. The van der Waals surface area contributed by atoms with Gasteiger partial charge in [0.15, 0.2) is 0 Å². The minimum absolute atomic E-state index is 0.324. The summed E-state index contributed by atoms with van der Waals surface area (Å²) in [5.41, 5.74) is 8.87. The number of nitrogens with one attached hydrogen (secondary N) is 3. The lowest BCUT2D eigenvalue weighted by Gasteiger charge is -2.25. The number of benzene rings is 1. The lowest BCUT2D eigenvalue weighted by molar-refractivity contribution is 0.100. The van der Waals surface area contributed by atoms with Gasteiger partial charge in [-0.05, 0) is 57.7 Å². The Morgan fingerprint density at radius 3 is 2.59 bits per heavy atom. The number of hydrogen-bond acceptors (Lipinski definition) is 6. The molecular formula is C20H28N6O. The van der Waals surface area contributed by atoms with E-state index in [4.69, 9.17) is 5.73 Å². The molecule has 0 unspecified atom stereocenters. The van der Waals surface area contributed by atoms with Gasteiger partial charge in [0, 0.05) is 30.5 Å². The molecule has 1 saturated heterocycles. The van der Waals surface area contributed by atoms with Crippen molar-refractivity contribution in [2.24, 2.45) is 5.73 Å². The lowest BCUT2D eigenvalue weighted by atomic mass is 10.1. The predicted molar refractivity (Wildman–Crippen MR) is 109 cm³/mol. The van der Waals surface area contributed by atoms with Crippen LogP contribution in [0.3, 0.4) is 0 Å². The van der Waals surface area contributed by atoms with Crippen LogP contribution in [0.5, 0.6) is 0 Å². The summed E-state index contributed by atoms with van der Waals surface area (Å²) in [7, 11) is 4.10. The molecule has 0 spiro atoms. The topological polar surface area (TPSA) is 95.3 Å². The predicted octanol–water partition coefficient (Wildman–Crippen LogP) is 2.15. The van der Waals surface area contributed by atoms with Gasteiger partial charge in [-0.25, -0.2) is 4.98 Å². The number of hydrogen-bond donors (Lipinski definition) is 4. The van der Waals surface area contributed by atoms with Gasteiger partial charge >= 0.3 is 0 Å². The molecule has 27 heavy (non-hydrogen) atoms. The Labute approximate surface area is 160 Å². The van der Waals surface area contributed by atoms with E-state index < -0.39 is 5.91 Å². The summed E-state index contributed by atoms with van der Waals surface area (Å²) in [5.74, 6) is 0.204. The number of rotatable bonds is 7. The Morgan fingerprint density at radius 2 is 1.96 bits per heavy atom. The molecule has 144 valence electrons. The van der Waals surface area contributed by atoms with Crippen LogP contribution in [0.4, 0.5) is 17.2 Å². The van der Waals surface area contributed by atoms with E-state index in [1.807, 2.05) is 32.3 Å². The molecule has 0 saturated carbocycles. The van der Waals surface area contributed by atoms with E-state index in [9.17, 15) is 4.79 Å². The molecule has 1 aromatic heterocycles. The Hall–Kier alpha value is -2.64.